The highest BCUT2D eigenvalue weighted by atomic mass is 16.5. The van der Waals surface area contributed by atoms with Crippen LogP contribution < -0.4 is 47.7 Å². The predicted molar refractivity (Wildman–Crippen MR) is 147 cm³/mol. The Labute approximate surface area is 204 Å². The Morgan fingerprint density at radius 2 is 1.11 bits per heavy atom. The fraction of sp³-hybridized carbons (Fsp3) is 0. The van der Waals surface area contributed by atoms with Crippen LogP contribution in [0.25, 0.3) is 0 Å². The lowest BCUT2D eigenvalue weighted by Gasteiger charge is -2.46. The molecule has 0 amide bonds. The number of fused-ring (bicyclic) bond motifs is 8. The molecule has 0 aromatic heterocycles. The van der Waals surface area contributed by atoms with Crippen LogP contribution >= 0.6 is 0 Å². The van der Waals surface area contributed by atoms with Gasteiger partial charge >= 0.3 is 0 Å². The van der Waals surface area contributed by atoms with Gasteiger partial charge in [-0.25, -0.2) is 0 Å². The Bertz CT molecular complexity index is 1620. The van der Waals surface area contributed by atoms with Crippen molar-refractivity contribution in [3.05, 3.63) is 103 Å². The minimum absolute atomic E-state index is 0.152. The van der Waals surface area contributed by atoms with Gasteiger partial charge in [0, 0.05) is 28.4 Å². The Hall–Kier alpha value is -4.37. The third kappa shape index (κ3) is 2.11. The van der Waals surface area contributed by atoms with Gasteiger partial charge in [-0.3, -0.25) is 0 Å². The van der Waals surface area contributed by atoms with Crippen LogP contribution in [0.1, 0.15) is 0 Å². The largest absolute Gasteiger partial charge is 0.458 e. The first kappa shape index (κ1) is 18.0. The molecule has 4 heterocycles. The maximum absolute atomic E-state index is 6.45. The van der Waals surface area contributed by atoms with Gasteiger partial charge in [-0.05, 0) is 69.2 Å². The molecule has 0 atom stereocenters. The van der Waals surface area contributed by atoms with Crippen molar-refractivity contribution in [2.24, 2.45) is 0 Å². The normalized spacial score (nSPS) is 14.6. The summed E-state index contributed by atoms with van der Waals surface area (Å²) in [6.07, 6.45) is 0. The van der Waals surface area contributed by atoms with E-state index < -0.39 is 0 Å². The summed E-state index contributed by atoms with van der Waals surface area (Å²) in [4.78, 5) is 2.49. The molecule has 9 rings (SSSR count). The molecule has 0 fully saturated rings. The highest BCUT2D eigenvalue weighted by molar-refractivity contribution is 7.03. The highest BCUT2D eigenvalue weighted by Crippen LogP contribution is 2.42. The van der Waals surface area contributed by atoms with Crippen LogP contribution in [0.4, 0.5) is 28.4 Å². The first-order chi connectivity index (χ1) is 17.4. The van der Waals surface area contributed by atoms with Crippen molar-refractivity contribution < 1.29 is 4.74 Å². The number of para-hydroxylation sites is 3. The number of nitrogens with one attached hydrogen (secondary N) is 1. The zero-order valence-corrected chi connectivity index (χ0v) is 18.8. The molecular weight excluding hydrogens is 426 g/mol. The summed E-state index contributed by atoms with van der Waals surface area (Å²) in [5.74, 6) is 1.91. The maximum Gasteiger partial charge on any atom is 0.256 e. The van der Waals surface area contributed by atoms with Crippen LogP contribution in [0.15, 0.2) is 103 Å². The van der Waals surface area contributed by atoms with Gasteiger partial charge in [-0.1, -0.05) is 66.7 Å². The molecule has 5 aromatic rings. The third-order valence-corrected chi connectivity index (χ3v) is 8.12. The lowest BCUT2D eigenvalue weighted by molar-refractivity contribution is 0.487. The minimum Gasteiger partial charge on any atom is -0.458 e. The number of nitrogens with zero attached hydrogens (tertiary/aromatic N) is 1. The first-order valence-corrected chi connectivity index (χ1v) is 12.2. The zero-order chi connectivity index (χ0) is 22.7. The number of hydrogen-bond acceptors (Lipinski definition) is 3. The molecule has 4 aliphatic rings. The van der Waals surface area contributed by atoms with Gasteiger partial charge < -0.3 is 15.0 Å². The first-order valence-electron chi connectivity index (χ1n) is 12.2. The summed E-state index contributed by atoms with van der Waals surface area (Å²) < 4.78 is 6.45. The van der Waals surface area contributed by atoms with E-state index in [2.05, 4.69) is 113 Å². The molecular formula is C30H18B2N2O. The van der Waals surface area contributed by atoms with Crippen LogP contribution in [0.2, 0.25) is 0 Å². The molecule has 0 unspecified atom stereocenters. The Morgan fingerprint density at radius 3 is 2.00 bits per heavy atom. The van der Waals surface area contributed by atoms with Crippen LogP contribution in [-0.4, -0.2) is 13.4 Å². The fourth-order valence-corrected chi connectivity index (χ4v) is 6.84. The van der Waals surface area contributed by atoms with E-state index in [4.69, 9.17) is 4.74 Å². The molecule has 0 aliphatic carbocycles. The maximum atomic E-state index is 6.45. The molecule has 4 aliphatic heterocycles. The number of anilines is 5. The molecule has 0 bridgehead atoms. The third-order valence-electron chi connectivity index (χ3n) is 8.12. The van der Waals surface area contributed by atoms with Crippen molar-refractivity contribution in [3.8, 4) is 11.5 Å². The van der Waals surface area contributed by atoms with Crippen molar-refractivity contribution in [3.63, 3.8) is 0 Å². The average molecular weight is 444 g/mol. The summed E-state index contributed by atoms with van der Waals surface area (Å²) in [5, 5.41) is 3.72. The van der Waals surface area contributed by atoms with Gasteiger partial charge in [-0.15, -0.1) is 0 Å². The molecule has 160 valence electrons. The topological polar surface area (TPSA) is 24.5 Å². The van der Waals surface area contributed by atoms with Crippen molar-refractivity contribution in [1.29, 1.82) is 0 Å². The zero-order valence-electron chi connectivity index (χ0n) is 18.8. The molecule has 0 saturated carbocycles. The van der Waals surface area contributed by atoms with E-state index in [1.54, 1.807) is 0 Å². The van der Waals surface area contributed by atoms with Crippen molar-refractivity contribution >= 4 is 74.6 Å². The standard InChI is InChI=1S/C30H18B2N2O/c1-3-12-22-18(8-1)31-20-10-5-11-21-30(20)34(24-14-6-13-23(33-22)28(24)31)25-15-7-17-27-29(25)32(21)19-9-2-4-16-26(19)35-27/h1-17,33H. The highest BCUT2D eigenvalue weighted by Gasteiger charge is 2.47. The number of rotatable bonds is 0. The number of hydrogen-bond donors (Lipinski definition) is 1. The van der Waals surface area contributed by atoms with E-state index >= 15 is 0 Å². The van der Waals surface area contributed by atoms with Crippen LogP contribution in [-0.2, 0) is 0 Å². The Kier molecular flexibility index (Phi) is 3.19. The summed E-state index contributed by atoms with van der Waals surface area (Å²) >= 11 is 0. The molecule has 3 nitrogen and oxygen atoms in total. The molecule has 5 aromatic carbocycles. The second-order valence-electron chi connectivity index (χ2n) is 9.77. The summed E-state index contributed by atoms with van der Waals surface area (Å²) in [6.45, 7) is 0.351. The molecule has 0 saturated heterocycles. The fourth-order valence-electron chi connectivity index (χ4n) is 6.84. The second kappa shape index (κ2) is 6.19. The van der Waals surface area contributed by atoms with Gasteiger partial charge in [0.1, 0.15) is 11.5 Å². The van der Waals surface area contributed by atoms with Crippen LogP contribution in [0.5, 0.6) is 11.5 Å². The van der Waals surface area contributed by atoms with Crippen molar-refractivity contribution in [2.75, 3.05) is 10.2 Å². The number of benzene rings is 5. The quantitative estimate of drug-likeness (QED) is 0.365. The minimum atomic E-state index is 0.152. The average Bonchev–Trinajstić information content (AvgIpc) is 2.91. The monoisotopic (exact) mass is 444 g/mol. The summed E-state index contributed by atoms with van der Waals surface area (Å²) in [5.41, 5.74) is 14.1. The molecule has 5 heteroatoms. The smallest absolute Gasteiger partial charge is 0.256 e. The van der Waals surface area contributed by atoms with Gasteiger partial charge in [0.2, 0.25) is 0 Å². The van der Waals surface area contributed by atoms with Gasteiger partial charge in [0.05, 0.1) is 0 Å². The van der Waals surface area contributed by atoms with E-state index in [0.29, 0.717) is 0 Å². The molecule has 0 radical (unpaired) electrons. The van der Waals surface area contributed by atoms with Gasteiger partial charge in [0.25, 0.3) is 13.4 Å². The molecule has 0 spiro atoms. The van der Waals surface area contributed by atoms with Crippen LogP contribution in [0.3, 0.4) is 0 Å². The predicted octanol–water partition coefficient (Wildman–Crippen LogP) is 2.98. The van der Waals surface area contributed by atoms with Crippen LogP contribution in [0, 0.1) is 0 Å². The number of ether oxygens (including phenoxy) is 1. The second-order valence-corrected chi connectivity index (χ2v) is 9.77. The summed E-state index contributed by atoms with van der Waals surface area (Å²) in [7, 11) is 0. The Balaban J connectivity index is 1.43. The van der Waals surface area contributed by atoms with Crippen molar-refractivity contribution in [1.82, 2.24) is 0 Å². The van der Waals surface area contributed by atoms with E-state index in [-0.39, 0.29) is 13.4 Å². The molecule has 1 N–H and O–H groups in total. The van der Waals surface area contributed by atoms with Gasteiger partial charge in [-0.2, -0.15) is 0 Å². The summed E-state index contributed by atoms with van der Waals surface area (Å²) in [6, 6.07) is 37.3. The van der Waals surface area contributed by atoms with E-state index in [0.717, 1.165) is 11.5 Å². The lowest BCUT2D eigenvalue weighted by atomic mass is 9.29. The molecule has 35 heavy (non-hydrogen) atoms. The lowest BCUT2D eigenvalue weighted by Crippen LogP contribution is -2.66. The van der Waals surface area contributed by atoms with E-state index in [1.807, 2.05) is 0 Å². The van der Waals surface area contributed by atoms with Gasteiger partial charge in [0.15, 0.2) is 0 Å². The SMILES string of the molecule is c1ccc2c(c1)Nc1cccc3c1B2c1cccc2c1N3c1cccc3c1B2c1ccccc1O3. The Morgan fingerprint density at radius 1 is 0.514 bits per heavy atom. The van der Waals surface area contributed by atoms with Crippen molar-refractivity contribution in [2.45, 2.75) is 0 Å². The van der Waals surface area contributed by atoms with E-state index in [1.165, 1.54) is 61.2 Å². The van der Waals surface area contributed by atoms with E-state index in [9.17, 15) is 0 Å².